The summed E-state index contributed by atoms with van der Waals surface area (Å²) in [6.45, 7) is 2.70. The zero-order chi connectivity index (χ0) is 11.7. The topological polar surface area (TPSA) is 86.6 Å². The molecule has 0 amide bonds. The third kappa shape index (κ3) is 9.87. The van der Waals surface area contributed by atoms with E-state index in [-0.39, 0.29) is 22.7 Å². The lowest BCUT2D eigenvalue weighted by Gasteiger charge is -2.12. The van der Waals surface area contributed by atoms with Crippen molar-refractivity contribution in [2.45, 2.75) is 45.1 Å². The number of nitrogens with one attached hydrogen (secondary N) is 1. The molecule has 0 saturated heterocycles. The second-order valence-electron chi connectivity index (χ2n) is 3.48. The number of hydrogen-bond acceptors (Lipinski definition) is 3. The summed E-state index contributed by atoms with van der Waals surface area (Å²) in [5.41, 5.74) is 0. The van der Waals surface area contributed by atoms with Crippen molar-refractivity contribution in [2.24, 2.45) is 0 Å². The van der Waals surface area contributed by atoms with E-state index in [4.69, 9.17) is 10.2 Å². The van der Waals surface area contributed by atoms with Gasteiger partial charge in [0.2, 0.25) is 0 Å². The van der Waals surface area contributed by atoms with Crippen molar-refractivity contribution in [1.82, 2.24) is 5.32 Å². The molecule has 2 unspecified atom stereocenters. The Morgan fingerprint density at radius 1 is 1.25 bits per heavy atom. The molecular weight excluding hydrogens is 229 g/mol. The molecule has 0 saturated carbocycles. The fourth-order valence-electron chi connectivity index (χ4n) is 1.23. The predicted molar refractivity (Wildman–Crippen MR) is 66.9 cm³/mol. The standard InChI is InChI=1S/C10H19NO4.H3P/c1-2-3-4-7-11-8(10(14)15)5-6-9(12)13;/h8,11H,2-7H2,1H3,(H,12,13)(H,14,15);1H3. The maximum Gasteiger partial charge on any atom is 0.320 e. The summed E-state index contributed by atoms with van der Waals surface area (Å²) in [5.74, 6) is -1.94. The summed E-state index contributed by atoms with van der Waals surface area (Å²) in [7, 11) is 0. The monoisotopic (exact) mass is 251 g/mol. The minimum absolute atomic E-state index is 0. The van der Waals surface area contributed by atoms with E-state index in [1.165, 1.54) is 0 Å². The van der Waals surface area contributed by atoms with Crippen LogP contribution in [0.5, 0.6) is 0 Å². The minimum atomic E-state index is -0.979. The third-order valence-electron chi connectivity index (χ3n) is 2.12. The van der Waals surface area contributed by atoms with Crippen LogP contribution in [0.2, 0.25) is 0 Å². The number of hydrogen-bond donors (Lipinski definition) is 3. The average Bonchev–Trinajstić information content (AvgIpc) is 2.15. The maximum absolute atomic E-state index is 10.7. The normalized spacial score (nSPS) is 11.6. The van der Waals surface area contributed by atoms with Gasteiger partial charge < -0.3 is 15.5 Å². The van der Waals surface area contributed by atoms with Crippen LogP contribution in [0.25, 0.3) is 0 Å². The number of rotatable bonds is 9. The lowest BCUT2D eigenvalue weighted by atomic mass is 10.1. The van der Waals surface area contributed by atoms with Crippen molar-refractivity contribution in [3.63, 3.8) is 0 Å². The summed E-state index contributed by atoms with van der Waals surface area (Å²) in [4.78, 5) is 21.0. The molecular formula is C10H22NO4P. The van der Waals surface area contributed by atoms with E-state index in [0.29, 0.717) is 6.54 Å². The van der Waals surface area contributed by atoms with Crippen molar-refractivity contribution < 1.29 is 19.8 Å². The first-order chi connectivity index (χ1) is 7.07. The number of unbranched alkanes of at least 4 members (excludes halogenated alkanes) is 2. The van der Waals surface area contributed by atoms with Gasteiger partial charge in [0.05, 0.1) is 0 Å². The molecule has 2 atom stereocenters. The number of carboxylic acid groups (broad SMARTS) is 2. The first-order valence-corrected chi connectivity index (χ1v) is 5.26. The van der Waals surface area contributed by atoms with Crippen LogP contribution in [0.15, 0.2) is 0 Å². The molecule has 0 aromatic rings. The molecule has 0 aromatic carbocycles. The number of carboxylic acids is 2. The molecule has 3 N–H and O–H groups in total. The van der Waals surface area contributed by atoms with Gasteiger partial charge in [-0.3, -0.25) is 9.59 Å². The Hall–Kier alpha value is -0.670. The molecule has 0 aromatic heterocycles. The molecule has 0 heterocycles. The zero-order valence-electron chi connectivity index (χ0n) is 9.74. The SMILES string of the molecule is CCCCCNC(CCC(=O)O)C(=O)O.P. The van der Waals surface area contributed by atoms with E-state index in [1.54, 1.807) is 0 Å². The fraction of sp³-hybridized carbons (Fsp3) is 0.800. The van der Waals surface area contributed by atoms with Crippen LogP contribution in [-0.4, -0.2) is 34.7 Å². The summed E-state index contributed by atoms with van der Waals surface area (Å²) < 4.78 is 0. The lowest BCUT2D eigenvalue weighted by molar-refractivity contribution is -0.140. The molecule has 6 heteroatoms. The Labute approximate surface area is 99.2 Å². The number of carbonyl (C=O) groups is 2. The van der Waals surface area contributed by atoms with E-state index in [2.05, 4.69) is 12.2 Å². The van der Waals surface area contributed by atoms with Crippen LogP contribution >= 0.6 is 9.90 Å². The van der Waals surface area contributed by atoms with Crippen molar-refractivity contribution in [1.29, 1.82) is 0 Å². The molecule has 0 rings (SSSR count). The smallest absolute Gasteiger partial charge is 0.320 e. The molecule has 0 bridgehead atoms. The van der Waals surface area contributed by atoms with Crippen molar-refractivity contribution in [3.05, 3.63) is 0 Å². The van der Waals surface area contributed by atoms with Gasteiger partial charge in [0.15, 0.2) is 0 Å². The van der Waals surface area contributed by atoms with Gasteiger partial charge in [-0.1, -0.05) is 19.8 Å². The Kier molecular flexibility index (Phi) is 12.0. The highest BCUT2D eigenvalue weighted by atomic mass is 31.0. The molecule has 0 aliphatic carbocycles. The number of aliphatic carboxylic acids is 2. The van der Waals surface area contributed by atoms with Crippen LogP contribution in [0, 0.1) is 0 Å². The third-order valence-corrected chi connectivity index (χ3v) is 2.12. The van der Waals surface area contributed by atoms with Crippen molar-refractivity contribution in [3.8, 4) is 0 Å². The highest BCUT2D eigenvalue weighted by Gasteiger charge is 2.17. The van der Waals surface area contributed by atoms with Gasteiger partial charge in [0, 0.05) is 6.42 Å². The van der Waals surface area contributed by atoms with Gasteiger partial charge in [0.1, 0.15) is 6.04 Å². The Balaban J connectivity index is 0. The van der Waals surface area contributed by atoms with Crippen molar-refractivity contribution in [2.75, 3.05) is 6.54 Å². The quantitative estimate of drug-likeness (QED) is 0.422. The molecule has 0 radical (unpaired) electrons. The van der Waals surface area contributed by atoms with Gasteiger partial charge in [-0.25, -0.2) is 0 Å². The Bertz CT molecular complexity index is 211. The molecule has 0 spiro atoms. The van der Waals surface area contributed by atoms with Crippen LogP contribution in [0.4, 0.5) is 0 Å². The van der Waals surface area contributed by atoms with Crippen LogP contribution in [0.3, 0.4) is 0 Å². The fourth-order valence-corrected chi connectivity index (χ4v) is 1.23. The lowest BCUT2D eigenvalue weighted by Crippen LogP contribution is -2.37. The zero-order valence-corrected chi connectivity index (χ0v) is 11.2. The van der Waals surface area contributed by atoms with Crippen molar-refractivity contribution >= 4 is 21.8 Å². The molecule has 96 valence electrons. The molecule has 0 aliphatic heterocycles. The van der Waals surface area contributed by atoms with E-state index in [0.717, 1.165) is 19.3 Å². The first kappa shape index (κ1) is 17.7. The summed E-state index contributed by atoms with van der Waals surface area (Å²) in [6.07, 6.45) is 3.08. The first-order valence-electron chi connectivity index (χ1n) is 5.26. The maximum atomic E-state index is 10.7. The van der Waals surface area contributed by atoms with Crippen LogP contribution in [-0.2, 0) is 9.59 Å². The summed E-state index contributed by atoms with van der Waals surface area (Å²) in [6, 6.07) is -0.738. The van der Waals surface area contributed by atoms with Gasteiger partial charge in [0.25, 0.3) is 0 Å². The van der Waals surface area contributed by atoms with E-state index < -0.39 is 18.0 Å². The predicted octanol–water partition coefficient (Wildman–Crippen LogP) is 1.14. The van der Waals surface area contributed by atoms with Crippen LogP contribution in [0.1, 0.15) is 39.0 Å². The van der Waals surface area contributed by atoms with Gasteiger partial charge in [-0.2, -0.15) is 9.90 Å². The van der Waals surface area contributed by atoms with E-state index >= 15 is 0 Å². The van der Waals surface area contributed by atoms with E-state index in [9.17, 15) is 9.59 Å². The van der Waals surface area contributed by atoms with Gasteiger partial charge in [-0.15, -0.1) is 0 Å². The second-order valence-corrected chi connectivity index (χ2v) is 3.48. The van der Waals surface area contributed by atoms with Gasteiger partial charge in [-0.05, 0) is 19.4 Å². The highest BCUT2D eigenvalue weighted by Crippen LogP contribution is 1.99. The molecule has 16 heavy (non-hydrogen) atoms. The Morgan fingerprint density at radius 2 is 1.88 bits per heavy atom. The summed E-state index contributed by atoms with van der Waals surface area (Å²) >= 11 is 0. The largest absolute Gasteiger partial charge is 0.481 e. The molecule has 0 aliphatic rings. The summed E-state index contributed by atoms with van der Waals surface area (Å²) in [5, 5.41) is 20.1. The highest BCUT2D eigenvalue weighted by molar-refractivity contribution is 6.92. The second kappa shape index (κ2) is 10.8. The Morgan fingerprint density at radius 3 is 2.31 bits per heavy atom. The van der Waals surface area contributed by atoms with E-state index in [1.807, 2.05) is 0 Å². The van der Waals surface area contributed by atoms with Gasteiger partial charge >= 0.3 is 11.9 Å². The molecule has 5 nitrogen and oxygen atoms in total. The minimum Gasteiger partial charge on any atom is -0.481 e. The molecule has 0 fully saturated rings. The van der Waals surface area contributed by atoms with Crippen LogP contribution < -0.4 is 5.32 Å². The average molecular weight is 251 g/mol.